The van der Waals surface area contributed by atoms with Gasteiger partial charge < -0.3 is 21.5 Å². The molecule has 200 valence electrons. The van der Waals surface area contributed by atoms with Crippen LogP contribution < -0.4 is 16.4 Å². The molecule has 1 atom stereocenters. The van der Waals surface area contributed by atoms with Crippen LogP contribution in [-0.2, 0) is 11.3 Å². The average molecular weight is 551 g/mol. The zero-order chi connectivity index (χ0) is 27.2. The van der Waals surface area contributed by atoms with Crippen molar-refractivity contribution in [3.63, 3.8) is 0 Å². The van der Waals surface area contributed by atoms with Crippen molar-refractivity contribution in [1.82, 2.24) is 34.9 Å². The minimum Gasteiger partial charge on any atom is -0.475 e. The third-order valence-corrected chi connectivity index (χ3v) is 7.35. The highest BCUT2D eigenvalue weighted by atomic mass is 35.5. The van der Waals surface area contributed by atoms with Gasteiger partial charge in [-0.15, -0.1) is 0 Å². The number of nitrogens with zero attached hydrogens (tertiary/aromatic N) is 7. The first-order chi connectivity index (χ1) is 18.0. The molecule has 12 nitrogen and oxygen atoms in total. The summed E-state index contributed by atoms with van der Waals surface area (Å²) in [5.74, 6) is -1.68. The zero-order valence-electron chi connectivity index (χ0n) is 19.7. The molecule has 38 heavy (non-hydrogen) atoms. The standard InChI is InChI=1S/C20H21ClN10.C2HF3O2/c21-14-11(1-5-24-18(14)23)15-16-19(29-28-15)27-13(9-25-16)30-7-3-20(4-8-30)10-31-12(17(20)22)2-6-26-31;3-2(4,5)1(6)7/h1-2,5-6,9,17H,3-4,7-8,10,22H2,(H2,23,24)(H,27,28,29);(H,6,7)/t17-;/m1./s1. The molecule has 0 radical (unpaired) electrons. The number of hydrogen-bond acceptors (Lipinski definition) is 9. The predicted molar refractivity (Wildman–Crippen MR) is 131 cm³/mol. The summed E-state index contributed by atoms with van der Waals surface area (Å²) < 4.78 is 33.8. The SMILES string of the molecule is Nc1nccc(-c2[nH]nc3nc(N4CCC5(CC4)Cn4nccc4[C@H]5N)cnc23)c1Cl.O=C(O)C(F)(F)F. The van der Waals surface area contributed by atoms with Gasteiger partial charge in [-0.05, 0) is 25.0 Å². The summed E-state index contributed by atoms with van der Waals surface area (Å²) in [5, 5.41) is 19.2. The summed E-state index contributed by atoms with van der Waals surface area (Å²) in [7, 11) is 0. The molecule has 2 aliphatic heterocycles. The first-order valence-corrected chi connectivity index (χ1v) is 11.8. The number of nitrogens with two attached hydrogens (primary N) is 2. The number of rotatable bonds is 2. The van der Waals surface area contributed by atoms with Gasteiger partial charge in [0.15, 0.2) is 0 Å². The molecule has 2 aliphatic rings. The van der Waals surface area contributed by atoms with Crippen LogP contribution in [0.25, 0.3) is 22.4 Å². The van der Waals surface area contributed by atoms with E-state index in [0.29, 0.717) is 27.4 Å². The normalized spacial score (nSPS) is 18.3. The summed E-state index contributed by atoms with van der Waals surface area (Å²) in [6.07, 6.45) is 2.10. The van der Waals surface area contributed by atoms with Gasteiger partial charge in [0.25, 0.3) is 0 Å². The molecule has 0 aliphatic carbocycles. The van der Waals surface area contributed by atoms with Crippen LogP contribution in [0.4, 0.5) is 24.8 Å². The second-order valence-corrected chi connectivity index (χ2v) is 9.48. The van der Waals surface area contributed by atoms with Crippen molar-refractivity contribution in [2.75, 3.05) is 23.7 Å². The summed E-state index contributed by atoms with van der Waals surface area (Å²) in [5.41, 5.74) is 16.2. The third-order valence-electron chi connectivity index (χ3n) is 6.96. The molecule has 1 spiro atoms. The number of nitrogen functional groups attached to an aromatic ring is 1. The van der Waals surface area contributed by atoms with Crippen LogP contribution in [-0.4, -0.2) is 65.3 Å². The van der Waals surface area contributed by atoms with Gasteiger partial charge in [-0.1, -0.05) is 11.6 Å². The molecule has 1 fully saturated rings. The van der Waals surface area contributed by atoms with Crippen molar-refractivity contribution in [3.05, 3.63) is 41.4 Å². The fourth-order valence-corrected chi connectivity index (χ4v) is 5.09. The van der Waals surface area contributed by atoms with E-state index >= 15 is 0 Å². The Morgan fingerprint density at radius 1 is 1.21 bits per heavy atom. The summed E-state index contributed by atoms with van der Waals surface area (Å²) in [6.45, 7) is 2.61. The predicted octanol–water partition coefficient (Wildman–Crippen LogP) is 2.78. The highest BCUT2D eigenvalue weighted by Gasteiger charge is 2.47. The Bertz CT molecular complexity index is 1500. The van der Waals surface area contributed by atoms with E-state index in [1.807, 2.05) is 12.3 Å². The molecule has 0 amide bonds. The smallest absolute Gasteiger partial charge is 0.475 e. The van der Waals surface area contributed by atoms with Crippen LogP contribution in [0.15, 0.2) is 30.7 Å². The number of carboxylic acids is 1. The maximum atomic E-state index is 10.6. The van der Waals surface area contributed by atoms with E-state index in [4.69, 9.17) is 38.0 Å². The van der Waals surface area contributed by atoms with E-state index in [2.05, 4.69) is 34.8 Å². The van der Waals surface area contributed by atoms with E-state index in [-0.39, 0.29) is 17.3 Å². The maximum absolute atomic E-state index is 10.6. The number of carboxylic acid groups (broad SMARTS) is 1. The largest absolute Gasteiger partial charge is 0.490 e. The first kappa shape index (κ1) is 25.7. The molecule has 0 saturated carbocycles. The van der Waals surface area contributed by atoms with Crippen LogP contribution in [0.3, 0.4) is 0 Å². The molecular formula is C22H22ClF3N10O2. The van der Waals surface area contributed by atoms with E-state index in [1.54, 1.807) is 18.5 Å². The van der Waals surface area contributed by atoms with Crippen LogP contribution in [0, 0.1) is 5.41 Å². The van der Waals surface area contributed by atoms with Crippen molar-refractivity contribution in [3.8, 4) is 11.3 Å². The van der Waals surface area contributed by atoms with Crippen LogP contribution in [0.5, 0.6) is 0 Å². The summed E-state index contributed by atoms with van der Waals surface area (Å²) in [4.78, 5) is 24.5. The lowest BCUT2D eigenvalue weighted by molar-refractivity contribution is -0.192. The van der Waals surface area contributed by atoms with Gasteiger partial charge in [-0.25, -0.2) is 19.7 Å². The second kappa shape index (κ2) is 9.40. The van der Waals surface area contributed by atoms with Gasteiger partial charge >= 0.3 is 12.1 Å². The van der Waals surface area contributed by atoms with E-state index in [0.717, 1.165) is 44.0 Å². The molecule has 4 aromatic rings. The Morgan fingerprint density at radius 2 is 1.92 bits per heavy atom. The van der Waals surface area contributed by atoms with E-state index in [1.165, 1.54) is 0 Å². The van der Waals surface area contributed by atoms with Crippen LogP contribution >= 0.6 is 11.6 Å². The molecular weight excluding hydrogens is 529 g/mol. The molecule has 0 aromatic carbocycles. The monoisotopic (exact) mass is 550 g/mol. The fourth-order valence-electron chi connectivity index (χ4n) is 4.88. The lowest BCUT2D eigenvalue weighted by atomic mass is 9.73. The van der Waals surface area contributed by atoms with Crippen molar-refractivity contribution in [1.29, 1.82) is 0 Å². The molecule has 0 unspecified atom stereocenters. The van der Waals surface area contributed by atoms with Gasteiger partial charge in [0.1, 0.15) is 17.2 Å². The molecule has 6 heterocycles. The maximum Gasteiger partial charge on any atom is 0.490 e. The van der Waals surface area contributed by atoms with E-state index < -0.39 is 12.1 Å². The molecule has 6 N–H and O–H groups in total. The van der Waals surface area contributed by atoms with Crippen molar-refractivity contribution < 1.29 is 23.1 Å². The number of aliphatic carboxylic acids is 1. The van der Waals surface area contributed by atoms with Crippen molar-refractivity contribution in [2.45, 2.75) is 31.6 Å². The number of nitrogens with one attached hydrogen (secondary N) is 1. The van der Waals surface area contributed by atoms with Gasteiger partial charge in [0.2, 0.25) is 5.65 Å². The van der Waals surface area contributed by atoms with Gasteiger partial charge in [-0.3, -0.25) is 9.78 Å². The number of fused-ring (bicyclic) bond motifs is 2. The second-order valence-electron chi connectivity index (χ2n) is 9.10. The summed E-state index contributed by atoms with van der Waals surface area (Å²) in [6, 6.07) is 3.83. The van der Waals surface area contributed by atoms with Crippen LogP contribution in [0.2, 0.25) is 5.02 Å². The number of halogens is 4. The Morgan fingerprint density at radius 3 is 2.58 bits per heavy atom. The molecule has 1 saturated heterocycles. The fraction of sp³-hybridized carbons (Fsp3) is 0.364. The molecule has 6 rings (SSSR count). The molecule has 0 bridgehead atoms. The zero-order valence-corrected chi connectivity index (χ0v) is 20.4. The quantitative estimate of drug-likeness (QED) is 0.290. The highest BCUT2D eigenvalue weighted by molar-refractivity contribution is 6.35. The number of piperidine rings is 1. The highest BCUT2D eigenvalue weighted by Crippen LogP contribution is 2.48. The number of pyridine rings is 1. The van der Waals surface area contributed by atoms with Crippen molar-refractivity contribution >= 4 is 40.4 Å². The number of carbonyl (C=O) groups is 1. The van der Waals surface area contributed by atoms with Crippen LogP contribution in [0.1, 0.15) is 24.6 Å². The average Bonchev–Trinajstić information content (AvgIpc) is 3.57. The number of H-pyrrole nitrogens is 1. The van der Waals surface area contributed by atoms with Gasteiger partial charge in [0.05, 0.1) is 28.6 Å². The lowest BCUT2D eigenvalue weighted by Crippen LogP contribution is -2.45. The number of anilines is 2. The Labute approximate surface area is 217 Å². The minimum atomic E-state index is -5.08. The minimum absolute atomic E-state index is 0.0251. The van der Waals surface area contributed by atoms with Gasteiger partial charge in [0, 0.05) is 43.0 Å². The lowest BCUT2D eigenvalue weighted by Gasteiger charge is -2.41. The Hall–Kier alpha value is -3.98. The first-order valence-electron chi connectivity index (χ1n) is 11.4. The Balaban J connectivity index is 0.000000374. The number of aromatic amines is 1. The third kappa shape index (κ3) is 4.47. The molecule has 16 heteroatoms. The number of hydrogen-bond donors (Lipinski definition) is 4. The topological polar surface area (TPSA) is 178 Å². The van der Waals surface area contributed by atoms with Gasteiger partial charge in [-0.2, -0.15) is 23.4 Å². The summed E-state index contributed by atoms with van der Waals surface area (Å²) >= 11 is 6.33. The van der Waals surface area contributed by atoms with E-state index in [9.17, 15) is 13.2 Å². The Kier molecular flexibility index (Phi) is 6.35. The molecule has 4 aromatic heterocycles. The number of aromatic nitrogens is 7. The van der Waals surface area contributed by atoms with Crippen molar-refractivity contribution in [2.24, 2.45) is 11.1 Å². The number of alkyl halides is 3.